The first-order chi connectivity index (χ1) is 16.6. The highest BCUT2D eigenvalue weighted by atomic mass is 19.4. The molecule has 35 heavy (non-hydrogen) atoms. The predicted octanol–water partition coefficient (Wildman–Crippen LogP) is 5.86. The fraction of sp³-hybridized carbons (Fsp3) is 0.333. The minimum atomic E-state index is -4.50. The topological polar surface area (TPSA) is 54.0 Å². The third-order valence-electron chi connectivity index (χ3n) is 6.02. The molecule has 1 amide bonds. The SMILES string of the molecule is CCc1ccc([C@H](N[C@H](CCc2ccc(C(F)(F)F)nc2)c2ccc(F)c(C)c2)C(=O)NC)cc1. The smallest absolute Gasteiger partial charge is 0.358 e. The minimum Gasteiger partial charge on any atom is -0.358 e. The number of hydrogen-bond donors (Lipinski definition) is 2. The summed E-state index contributed by atoms with van der Waals surface area (Å²) in [5, 5.41) is 6.08. The molecule has 0 aliphatic heterocycles. The van der Waals surface area contributed by atoms with Crippen molar-refractivity contribution in [3.63, 3.8) is 0 Å². The molecule has 0 fully saturated rings. The van der Waals surface area contributed by atoms with Crippen LogP contribution in [0.5, 0.6) is 0 Å². The second-order valence-corrected chi connectivity index (χ2v) is 8.46. The van der Waals surface area contributed by atoms with Gasteiger partial charge < -0.3 is 5.32 Å². The van der Waals surface area contributed by atoms with Gasteiger partial charge in [0.2, 0.25) is 5.91 Å². The first-order valence-corrected chi connectivity index (χ1v) is 11.5. The lowest BCUT2D eigenvalue weighted by Crippen LogP contribution is -2.38. The lowest BCUT2D eigenvalue weighted by Gasteiger charge is -2.26. The average molecular weight is 488 g/mol. The van der Waals surface area contributed by atoms with E-state index in [1.807, 2.05) is 31.2 Å². The van der Waals surface area contributed by atoms with Crippen molar-refractivity contribution in [2.75, 3.05) is 7.05 Å². The van der Waals surface area contributed by atoms with E-state index < -0.39 is 17.9 Å². The third-order valence-corrected chi connectivity index (χ3v) is 6.02. The Kier molecular flexibility index (Phi) is 8.62. The van der Waals surface area contributed by atoms with Crippen molar-refractivity contribution < 1.29 is 22.4 Å². The van der Waals surface area contributed by atoms with Gasteiger partial charge in [-0.1, -0.05) is 49.4 Å². The quantitative estimate of drug-likeness (QED) is 0.372. The van der Waals surface area contributed by atoms with Gasteiger partial charge in [-0.3, -0.25) is 15.1 Å². The molecule has 0 aliphatic rings. The molecule has 0 radical (unpaired) electrons. The highest BCUT2D eigenvalue weighted by molar-refractivity contribution is 5.83. The molecule has 2 aromatic carbocycles. The Bertz CT molecular complexity index is 1130. The van der Waals surface area contributed by atoms with Crippen LogP contribution in [0.2, 0.25) is 0 Å². The van der Waals surface area contributed by atoms with Gasteiger partial charge in [-0.05, 0) is 66.1 Å². The van der Waals surface area contributed by atoms with Crippen LogP contribution in [0.25, 0.3) is 0 Å². The molecule has 3 rings (SSSR count). The third kappa shape index (κ3) is 6.88. The number of likely N-dealkylation sites (N-methyl/N-ethyl adjacent to an activating group) is 1. The van der Waals surface area contributed by atoms with Crippen molar-refractivity contribution in [1.82, 2.24) is 15.6 Å². The van der Waals surface area contributed by atoms with Crippen LogP contribution >= 0.6 is 0 Å². The van der Waals surface area contributed by atoms with Crippen molar-refractivity contribution >= 4 is 5.91 Å². The van der Waals surface area contributed by atoms with Crippen molar-refractivity contribution in [1.29, 1.82) is 0 Å². The highest BCUT2D eigenvalue weighted by Gasteiger charge is 2.32. The fourth-order valence-electron chi connectivity index (χ4n) is 3.90. The lowest BCUT2D eigenvalue weighted by atomic mass is 9.95. The number of nitrogens with one attached hydrogen (secondary N) is 2. The molecule has 3 aromatic rings. The molecule has 0 saturated heterocycles. The Labute approximate surface area is 202 Å². The van der Waals surface area contributed by atoms with Crippen LogP contribution in [-0.2, 0) is 23.8 Å². The molecule has 1 aromatic heterocycles. The molecule has 8 heteroatoms. The van der Waals surface area contributed by atoms with Crippen LogP contribution in [0.4, 0.5) is 17.6 Å². The normalized spacial score (nSPS) is 13.3. The number of halogens is 4. The Morgan fingerprint density at radius 2 is 1.66 bits per heavy atom. The van der Waals surface area contributed by atoms with Crippen molar-refractivity contribution in [2.45, 2.75) is 51.4 Å². The van der Waals surface area contributed by atoms with Crippen LogP contribution in [0, 0.1) is 12.7 Å². The van der Waals surface area contributed by atoms with Gasteiger partial charge in [0, 0.05) is 19.3 Å². The zero-order chi connectivity index (χ0) is 25.6. The predicted molar refractivity (Wildman–Crippen MR) is 127 cm³/mol. The second-order valence-electron chi connectivity index (χ2n) is 8.46. The Hall–Kier alpha value is -3.26. The molecule has 4 nitrogen and oxygen atoms in total. The number of hydrogen-bond acceptors (Lipinski definition) is 3. The second kappa shape index (κ2) is 11.4. The number of nitrogens with zero attached hydrogens (tertiary/aromatic N) is 1. The molecule has 186 valence electrons. The molecule has 0 spiro atoms. The summed E-state index contributed by atoms with van der Waals surface area (Å²) in [5.41, 5.74) is 2.86. The van der Waals surface area contributed by atoms with E-state index in [1.54, 1.807) is 26.1 Å². The minimum absolute atomic E-state index is 0.228. The maximum Gasteiger partial charge on any atom is 0.433 e. The Balaban J connectivity index is 1.89. The van der Waals surface area contributed by atoms with E-state index in [9.17, 15) is 22.4 Å². The van der Waals surface area contributed by atoms with Gasteiger partial charge in [0.15, 0.2) is 0 Å². The molecule has 0 bridgehead atoms. The van der Waals surface area contributed by atoms with Crippen LogP contribution in [0.3, 0.4) is 0 Å². The number of pyridine rings is 1. The van der Waals surface area contributed by atoms with Gasteiger partial charge in [-0.2, -0.15) is 13.2 Å². The number of aromatic nitrogens is 1. The lowest BCUT2D eigenvalue weighted by molar-refractivity contribution is -0.141. The number of benzene rings is 2. The van der Waals surface area contributed by atoms with Crippen molar-refractivity contribution in [3.05, 3.63) is 100 Å². The monoisotopic (exact) mass is 487 g/mol. The van der Waals surface area contributed by atoms with E-state index in [0.717, 1.165) is 29.2 Å². The van der Waals surface area contributed by atoms with Crippen molar-refractivity contribution in [2.24, 2.45) is 0 Å². The number of carbonyl (C=O) groups is 1. The van der Waals surface area contributed by atoms with Crippen LogP contribution in [-0.4, -0.2) is 17.9 Å². The van der Waals surface area contributed by atoms with E-state index in [0.29, 0.717) is 24.0 Å². The Morgan fingerprint density at radius 3 is 2.20 bits per heavy atom. The Morgan fingerprint density at radius 1 is 1.00 bits per heavy atom. The van der Waals surface area contributed by atoms with E-state index in [4.69, 9.17) is 0 Å². The summed E-state index contributed by atoms with van der Waals surface area (Å²) in [6.07, 6.45) is -1.54. The summed E-state index contributed by atoms with van der Waals surface area (Å²) in [7, 11) is 1.56. The maximum atomic E-state index is 13.9. The van der Waals surface area contributed by atoms with Gasteiger partial charge in [-0.25, -0.2) is 4.39 Å². The summed E-state index contributed by atoms with van der Waals surface area (Å²) < 4.78 is 52.5. The molecule has 2 N–H and O–H groups in total. The standard InChI is InChI=1S/C27H29F4N3O/c1-4-18-5-9-20(10-6-18)25(26(35)32-3)34-23(21-11-12-22(28)17(2)15-21)13-7-19-8-14-24(33-16-19)27(29,30)31/h5-6,8-12,14-16,23,25,34H,4,7,13H2,1-3H3,(H,32,35)/t23-,25+/m1/s1. The molecule has 0 unspecified atom stereocenters. The first kappa shape index (κ1) is 26.3. The van der Waals surface area contributed by atoms with Gasteiger partial charge >= 0.3 is 6.18 Å². The number of rotatable bonds is 9. The number of alkyl halides is 3. The van der Waals surface area contributed by atoms with E-state index in [1.165, 1.54) is 18.3 Å². The van der Waals surface area contributed by atoms with Crippen molar-refractivity contribution in [3.8, 4) is 0 Å². The maximum absolute atomic E-state index is 13.9. The summed E-state index contributed by atoms with van der Waals surface area (Å²) in [4.78, 5) is 16.3. The fourth-order valence-corrected chi connectivity index (χ4v) is 3.90. The molecular formula is C27H29F4N3O. The zero-order valence-corrected chi connectivity index (χ0v) is 19.9. The summed E-state index contributed by atoms with van der Waals surface area (Å²) >= 11 is 0. The summed E-state index contributed by atoms with van der Waals surface area (Å²) in [6.45, 7) is 3.71. The van der Waals surface area contributed by atoms with Crippen LogP contribution < -0.4 is 10.6 Å². The number of amides is 1. The molecule has 0 aliphatic carbocycles. The summed E-state index contributed by atoms with van der Waals surface area (Å²) in [6, 6.07) is 13.8. The summed E-state index contributed by atoms with van der Waals surface area (Å²) in [5.74, 6) is -0.563. The van der Waals surface area contributed by atoms with Crippen LogP contribution in [0.1, 0.15) is 58.9 Å². The molecule has 2 atom stereocenters. The van der Waals surface area contributed by atoms with Gasteiger partial charge in [-0.15, -0.1) is 0 Å². The zero-order valence-electron chi connectivity index (χ0n) is 19.9. The first-order valence-electron chi connectivity index (χ1n) is 11.5. The van der Waals surface area contributed by atoms with Gasteiger partial charge in [0.05, 0.1) is 0 Å². The largest absolute Gasteiger partial charge is 0.433 e. The van der Waals surface area contributed by atoms with E-state index >= 15 is 0 Å². The highest BCUT2D eigenvalue weighted by Crippen LogP contribution is 2.29. The van der Waals surface area contributed by atoms with Gasteiger partial charge in [0.1, 0.15) is 17.6 Å². The number of aryl methyl sites for hydroxylation is 3. The van der Waals surface area contributed by atoms with Gasteiger partial charge in [0.25, 0.3) is 0 Å². The van der Waals surface area contributed by atoms with Crippen LogP contribution in [0.15, 0.2) is 60.8 Å². The van der Waals surface area contributed by atoms with E-state index in [2.05, 4.69) is 15.6 Å². The molecule has 0 saturated carbocycles. The number of carbonyl (C=O) groups excluding carboxylic acids is 1. The molecule has 1 heterocycles. The van der Waals surface area contributed by atoms with E-state index in [-0.39, 0.29) is 17.8 Å². The average Bonchev–Trinajstić information content (AvgIpc) is 2.85. The molecular weight excluding hydrogens is 458 g/mol.